The van der Waals surface area contributed by atoms with Gasteiger partial charge in [0.25, 0.3) is 11.8 Å². The Kier molecular flexibility index (Phi) is 10.5. The molecule has 44 heavy (non-hydrogen) atoms. The molecule has 0 aliphatic rings. The van der Waals surface area contributed by atoms with E-state index in [0.717, 1.165) is 12.1 Å². The van der Waals surface area contributed by atoms with Gasteiger partial charge in [-0.15, -0.1) is 11.8 Å². The van der Waals surface area contributed by atoms with Crippen LogP contribution in [0.15, 0.2) is 114 Å². The number of amides is 3. The summed E-state index contributed by atoms with van der Waals surface area (Å²) in [5.74, 6) is -0.905. The van der Waals surface area contributed by atoms with Crippen molar-refractivity contribution in [1.82, 2.24) is 5.32 Å². The molecule has 0 saturated heterocycles. The van der Waals surface area contributed by atoms with Crippen molar-refractivity contribution in [2.24, 2.45) is 0 Å². The van der Waals surface area contributed by atoms with Gasteiger partial charge in [0, 0.05) is 21.8 Å². The van der Waals surface area contributed by atoms with E-state index in [1.165, 1.54) is 37.1 Å². The van der Waals surface area contributed by atoms with Crippen LogP contribution in [0.25, 0.3) is 6.08 Å². The molecule has 0 aliphatic heterocycles. The Labute approximate surface area is 256 Å². The summed E-state index contributed by atoms with van der Waals surface area (Å²) < 4.78 is 44.2. The van der Waals surface area contributed by atoms with Gasteiger partial charge < -0.3 is 20.7 Å². The highest BCUT2D eigenvalue weighted by molar-refractivity contribution is 8.00. The lowest BCUT2D eigenvalue weighted by molar-refractivity contribution is -0.137. The predicted octanol–water partition coefficient (Wildman–Crippen LogP) is 7.24. The van der Waals surface area contributed by atoms with Gasteiger partial charge in [0.15, 0.2) is 0 Å². The number of nitrogens with one attached hydrogen (secondary N) is 3. The third kappa shape index (κ3) is 8.98. The molecule has 0 bridgehead atoms. The minimum absolute atomic E-state index is 0.00504. The Balaban J connectivity index is 1.43. The summed E-state index contributed by atoms with van der Waals surface area (Å²) in [7, 11) is 1.53. The van der Waals surface area contributed by atoms with E-state index in [1.807, 2.05) is 0 Å². The maximum atomic E-state index is 13.3. The number of alkyl halides is 3. The van der Waals surface area contributed by atoms with Gasteiger partial charge in [-0.25, -0.2) is 0 Å². The molecule has 1 unspecified atom stereocenters. The van der Waals surface area contributed by atoms with E-state index < -0.39 is 34.7 Å². The molecule has 4 aromatic carbocycles. The van der Waals surface area contributed by atoms with Gasteiger partial charge in [0.2, 0.25) is 5.91 Å². The first-order valence-electron chi connectivity index (χ1n) is 13.3. The van der Waals surface area contributed by atoms with Crippen LogP contribution < -0.4 is 20.7 Å². The van der Waals surface area contributed by atoms with E-state index in [4.69, 9.17) is 4.74 Å². The fourth-order valence-corrected chi connectivity index (χ4v) is 4.80. The molecule has 0 radical (unpaired) electrons. The summed E-state index contributed by atoms with van der Waals surface area (Å²) in [6.45, 7) is 1.63. The lowest BCUT2D eigenvalue weighted by Gasteiger charge is -2.14. The molecule has 7 nitrogen and oxygen atoms in total. The number of halogens is 3. The molecule has 11 heteroatoms. The summed E-state index contributed by atoms with van der Waals surface area (Å²) in [5.41, 5.74) is 0.648. The highest BCUT2D eigenvalue weighted by Gasteiger charge is 2.30. The van der Waals surface area contributed by atoms with Crippen molar-refractivity contribution in [3.8, 4) is 5.75 Å². The van der Waals surface area contributed by atoms with Crippen molar-refractivity contribution in [3.63, 3.8) is 0 Å². The van der Waals surface area contributed by atoms with Crippen LogP contribution in [0.1, 0.15) is 28.4 Å². The SMILES string of the molecule is COc1cccc(/C=C(\NC(=O)c2ccccc2)C(=O)Nc2ccc(SC(C)C(=O)Nc3cccc(C(F)(F)F)c3)cc2)c1. The van der Waals surface area contributed by atoms with Gasteiger partial charge in [-0.1, -0.05) is 36.4 Å². The third-order valence-electron chi connectivity index (χ3n) is 6.19. The smallest absolute Gasteiger partial charge is 0.416 e. The Morgan fingerprint density at radius 1 is 0.818 bits per heavy atom. The first-order valence-corrected chi connectivity index (χ1v) is 14.2. The number of thioether (sulfide) groups is 1. The number of hydrogen-bond donors (Lipinski definition) is 3. The zero-order valence-electron chi connectivity index (χ0n) is 23.6. The highest BCUT2D eigenvalue weighted by Crippen LogP contribution is 2.31. The number of anilines is 2. The highest BCUT2D eigenvalue weighted by atomic mass is 32.2. The maximum Gasteiger partial charge on any atom is 0.416 e. The normalized spacial score (nSPS) is 12.2. The molecule has 4 aromatic rings. The molecule has 0 aliphatic carbocycles. The lowest BCUT2D eigenvalue weighted by atomic mass is 10.1. The molecule has 0 aromatic heterocycles. The number of benzene rings is 4. The van der Waals surface area contributed by atoms with Gasteiger partial charge in [-0.05, 0) is 85.3 Å². The zero-order chi connectivity index (χ0) is 31.7. The lowest BCUT2D eigenvalue weighted by Crippen LogP contribution is -2.30. The number of rotatable bonds is 10. The number of methoxy groups -OCH3 is 1. The van der Waals surface area contributed by atoms with Crippen LogP contribution in [0.5, 0.6) is 5.75 Å². The Morgan fingerprint density at radius 2 is 1.52 bits per heavy atom. The average Bonchev–Trinajstić information content (AvgIpc) is 3.01. The van der Waals surface area contributed by atoms with Crippen LogP contribution in [0.2, 0.25) is 0 Å². The molecule has 0 spiro atoms. The van der Waals surface area contributed by atoms with Crippen molar-refractivity contribution in [3.05, 3.63) is 126 Å². The summed E-state index contributed by atoms with van der Waals surface area (Å²) in [6, 6.07) is 26.6. The van der Waals surface area contributed by atoms with E-state index >= 15 is 0 Å². The minimum Gasteiger partial charge on any atom is -0.497 e. The first-order chi connectivity index (χ1) is 21.0. The predicted molar refractivity (Wildman–Crippen MR) is 165 cm³/mol. The van der Waals surface area contributed by atoms with Crippen LogP contribution >= 0.6 is 11.8 Å². The van der Waals surface area contributed by atoms with Crippen LogP contribution in [0.3, 0.4) is 0 Å². The Bertz CT molecular complexity index is 1660. The largest absolute Gasteiger partial charge is 0.497 e. The van der Waals surface area contributed by atoms with E-state index in [9.17, 15) is 27.6 Å². The van der Waals surface area contributed by atoms with Crippen molar-refractivity contribution >= 4 is 46.9 Å². The average molecular weight is 620 g/mol. The van der Waals surface area contributed by atoms with Crippen molar-refractivity contribution < 1.29 is 32.3 Å². The molecule has 0 heterocycles. The second kappa shape index (κ2) is 14.4. The number of carbonyl (C=O) groups excluding carboxylic acids is 3. The van der Waals surface area contributed by atoms with Crippen LogP contribution in [-0.4, -0.2) is 30.1 Å². The fourth-order valence-electron chi connectivity index (χ4n) is 3.93. The van der Waals surface area contributed by atoms with Crippen LogP contribution in [0.4, 0.5) is 24.5 Å². The standard InChI is InChI=1S/C33H28F3N3O4S/c1-21(30(40)38-26-12-7-11-24(20-26)33(34,35)36)44-28-16-14-25(15-17-28)37-32(42)29(19-22-8-6-13-27(18-22)43-2)39-31(41)23-9-4-3-5-10-23/h3-21H,1-2H3,(H,37,42)(H,38,40)(H,39,41)/b29-19-. The van der Waals surface area contributed by atoms with Gasteiger partial charge >= 0.3 is 6.18 Å². The molecule has 0 fully saturated rings. The molecular formula is C33H28F3N3O4S. The summed E-state index contributed by atoms with van der Waals surface area (Å²) in [4.78, 5) is 39.5. The fraction of sp³-hybridized carbons (Fsp3) is 0.121. The molecular weight excluding hydrogens is 591 g/mol. The van der Waals surface area contributed by atoms with E-state index in [0.29, 0.717) is 27.5 Å². The first kappa shape index (κ1) is 31.9. The summed E-state index contributed by atoms with van der Waals surface area (Å²) in [5, 5.41) is 7.33. The van der Waals surface area contributed by atoms with Gasteiger partial charge in [-0.3, -0.25) is 14.4 Å². The van der Waals surface area contributed by atoms with Gasteiger partial charge in [0.05, 0.1) is 17.9 Å². The number of carbonyl (C=O) groups is 3. The third-order valence-corrected chi connectivity index (χ3v) is 7.30. The molecule has 3 N–H and O–H groups in total. The molecule has 3 amide bonds. The van der Waals surface area contributed by atoms with E-state index in [1.54, 1.807) is 85.8 Å². The second-order valence-electron chi connectivity index (χ2n) is 9.46. The molecule has 4 rings (SSSR count). The van der Waals surface area contributed by atoms with Crippen molar-refractivity contribution in [1.29, 1.82) is 0 Å². The van der Waals surface area contributed by atoms with E-state index in [-0.39, 0.29) is 11.4 Å². The maximum absolute atomic E-state index is 13.3. The monoisotopic (exact) mass is 619 g/mol. The zero-order valence-corrected chi connectivity index (χ0v) is 24.5. The molecule has 0 saturated carbocycles. The topological polar surface area (TPSA) is 96.5 Å². The van der Waals surface area contributed by atoms with E-state index in [2.05, 4.69) is 16.0 Å². The summed E-state index contributed by atoms with van der Waals surface area (Å²) in [6.07, 6.45) is -2.98. The minimum atomic E-state index is -4.52. The van der Waals surface area contributed by atoms with Gasteiger partial charge in [0.1, 0.15) is 11.4 Å². The summed E-state index contributed by atoms with van der Waals surface area (Å²) >= 11 is 1.20. The van der Waals surface area contributed by atoms with Crippen molar-refractivity contribution in [2.75, 3.05) is 17.7 Å². The van der Waals surface area contributed by atoms with Gasteiger partial charge in [-0.2, -0.15) is 13.2 Å². The number of ether oxygens (including phenoxy) is 1. The molecule has 226 valence electrons. The second-order valence-corrected chi connectivity index (χ2v) is 10.9. The molecule has 1 atom stereocenters. The number of hydrogen-bond acceptors (Lipinski definition) is 5. The quantitative estimate of drug-likeness (QED) is 0.128. The Morgan fingerprint density at radius 3 is 2.20 bits per heavy atom. The van der Waals surface area contributed by atoms with Crippen molar-refractivity contribution in [2.45, 2.75) is 23.2 Å². The Hall–Kier alpha value is -5.03. The van der Waals surface area contributed by atoms with Crippen LogP contribution in [0, 0.1) is 0 Å². The van der Waals surface area contributed by atoms with Crippen LogP contribution in [-0.2, 0) is 15.8 Å².